The third-order valence-electron chi connectivity index (χ3n) is 4.68. The molecule has 0 unspecified atom stereocenters. The molecule has 150 valence electrons. The van der Waals surface area contributed by atoms with Crippen LogP contribution in [0.1, 0.15) is 23.7 Å². The Bertz CT molecular complexity index is 769. The van der Waals surface area contributed by atoms with Gasteiger partial charge in [0.15, 0.2) is 0 Å². The highest BCUT2D eigenvalue weighted by Crippen LogP contribution is 2.14. The van der Waals surface area contributed by atoms with E-state index in [9.17, 15) is 14.4 Å². The summed E-state index contributed by atoms with van der Waals surface area (Å²) in [6, 6.07) is 5.68. The van der Waals surface area contributed by atoms with Crippen LogP contribution in [0, 0.1) is 0 Å². The minimum Gasteiger partial charge on any atom is -0.462 e. The van der Waals surface area contributed by atoms with Crippen molar-refractivity contribution in [2.24, 2.45) is 4.99 Å². The standard InChI is InChI=1S/C19H25N5O4/c1-3-28-18(27)13-4-6-14(7-5-13)20-16(25)12-15-17(26)22-19(21-15)24-10-8-23(2)9-11-24/h4-7,15H,3,8-12H2,1-2H3,(H,20,25)(H,21,22,26)/t15-/m0/s1. The van der Waals surface area contributed by atoms with Crippen LogP contribution < -0.4 is 10.6 Å². The molecule has 2 aliphatic rings. The summed E-state index contributed by atoms with van der Waals surface area (Å²) >= 11 is 0. The fourth-order valence-corrected chi connectivity index (χ4v) is 3.04. The van der Waals surface area contributed by atoms with E-state index in [0.29, 0.717) is 23.8 Å². The van der Waals surface area contributed by atoms with Crippen LogP contribution in [0.15, 0.2) is 29.3 Å². The molecule has 1 atom stereocenters. The summed E-state index contributed by atoms with van der Waals surface area (Å²) in [6.45, 7) is 5.44. The highest BCUT2D eigenvalue weighted by Gasteiger charge is 2.31. The molecule has 0 saturated carbocycles. The molecule has 0 spiro atoms. The second kappa shape index (κ2) is 8.83. The lowest BCUT2D eigenvalue weighted by atomic mass is 10.2. The number of hydrogen-bond donors (Lipinski definition) is 2. The Kier molecular flexibility index (Phi) is 6.25. The van der Waals surface area contributed by atoms with Crippen LogP contribution in [0.5, 0.6) is 0 Å². The van der Waals surface area contributed by atoms with Gasteiger partial charge in [0.25, 0.3) is 5.91 Å². The number of nitrogens with zero attached hydrogens (tertiary/aromatic N) is 3. The van der Waals surface area contributed by atoms with E-state index in [1.54, 1.807) is 31.2 Å². The second-order valence-corrected chi connectivity index (χ2v) is 6.80. The fraction of sp³-hybridized carbons (Fsp3) is 0.474. The molecule has 1 aromatic rings. The van der Waals surface area contributed by atoms with E-state index in [4.69, 9.17) is 4.74 Å². The van der Waals surface area contributed by atoms with Gasteiger partial charge in [-0.25, -0.2) is 9.79 Å². The fourth-order valence-electron chi connectivity index (χ4n) is 3.04. The number of rotatable bonds is 5. The number of benzene rings is 1. The van der Waals surface area contributed by atoms with Crippen molar-refractivity contribution < 1.29 is 19.1 Å². The Morgan fingerprint density at radius 1 is 1.21 bits per heavy atom. The molecule has 2 heterocycles. The number of piperazine rings is 1. The van der Waals surface area contributed by atoms with Crippen molar-refractivity contribution in [2.75, 3.05) is 45.2 Å². The summed E-state index contributed by atoms with van der Waals surface area (Å²) in [4.78, 5) is 44.7. The number of carbonyl (C=O) groups excluding carboxylic acids is 3. The highest BCUT2D eigenvalue weighted by molar-refractivity contribution is 6.07. The smallest absolute Gasteiger partial charge is 0.338 e. The van der Waals surface area contributed by atoms with Gasteiger partial charge in [-0.2, -0.15) is 0 Å². The van der Waals surface area contributed by atoms with Crippen LogP contribution >= 0.6 is 0 Å². The molecule has 9 heteroatoms. The number of esters is 1. The van der Waals surface area contributed by atoms with Gasteiger partial charge >= 0.3 is 5.97 Å². The Balaban J connectivity index is 1.54. The lowest BCUT2D eigenvalue weighted by Gasteiger charge is -2.33. The van der Waals surface area contributed by atoms with Gasteiger partial charge < -0.3 is 19.9 Å². The molecule has 1 aromatic carbocycles. The first-order valence-corrected chi connectivity index (χ1v) is 9.35. The maximum Gasteiger partial charge on any atom is 0.338 e. The molecular formula is C19H25N5O4. The van der Waals surface area contributed by atoms with Gasteiger partial charge in [0.1, 0.15) is 6.04 Å². The average Bonchev–Trinajstić information content (AvgIpc) is 3.03. The zero-order chi connectivity index (χ0) is 20.1. The first-order valence-electron chi connectivity index (χ1n) is 9.35. The molecule has 2 amide bonds. The largest absolute Gasteiger partial charge is 0.462 e. The number of nitrogens with one attached hydrogen (secondary N) is 2. The number of likely N-dealkylation sites (N-methyl/N-ethyl adjacent to an activating group) is 1. The molecule has 2 N–H and O–H groups in total. The summed E-state index contributed by atoms with van der Waals surface area (Å²) < 4.78 is 4.92. The van der Waals surface area contributed by atoms with Crippen molar-refractivity contribution in [2.45, 2.75) is 19.4 Å². The Morgan fingerprint density at radius 3 is 2.54 bits per heavy atom. The van der Waals surface area contributed by atoms with Gasteiger partial charge in [-0.15, -0.1) is 0 Å². The Hall–Kier alpha value is -2.94. The molecule has 0 radical (unpaired) electrons. The Labute approximate surface area is 163 Å². The molecule has 0 aliphatic carbocycles. The number of guanidine groups is 1. The Morgan fingerprint density at radius 2 is 1.89 bits per heavy atom. The zero-order valence-electron chi connectivity index (χ0n) is 16.1. The van der Waals surface area contributed by atoms with E-state index < -0.39 is 12.0 Å². The summed E-state index contributed by atoms with van der Waals surface area (Å²) in [5.74, 6) is -0.433. The van der Waals surface area contributed by atoms with E-state index in [1.807, 2.05) is 4.90 Å². The quantitative estimate of drug-likeness (QED) is 0.704. The summed E-state index contributed by atoms with van der Waals surface area (Å²) in [5.41, 5.74) is 0.955. The molecule has 28 heavy (non-hydrogen) atoms. The maximum atomic E-state index is 12.3. The van der Waals surface area contributed by atoms with E-state index in [-0.39, 0.29) is 18.2 Å². The molecule has 3 rings (SSSR count). The summed E-state index contributed by atoms with van der Waals surface area (Å²) in [6.07, 6.45) is -0.0390. The van der Waals surface area contributed by atoms with Crippen molar-refractivity contribution in [1.29, 1.82) is 0 Å². The molecule has 9 nitrogen and oxygen atoms in total. The number of amides is 2. The van der Waals surface area contributed by atoms with Gasteiger partial charge in [-0.05, 0) is 38.2 Å². The van der Waals surface area contributed by atoms with Crippen molar-refractivity contribution in [3.05, 3.63) is 29.8 Å². The van der Waals surface area contributed by atoms with Crippen LogP contribution in [0.4, 0.5) is 5.69 Å². The van der Waals surface area contributed by atoms with Gasteiger partial charge in [0, 0.05) is 31.9 Å². The van der Waals surface area contributed by atoms with Crippen molar-refractivity contribution in [3.8, 4) is 0 Å². The van der Waals surface area contributed by atoms with Crippen molar-refractivity contribution >= 4 is 29.4 Å². The average molecular weight is 387 g/mol. The van der Waals surface area contributed by atoms with E-state index in [0.717, 1.165) is 26.2 Å². The van der Waals surface area contributed by atoms with Crippen LogP contribution in [0.25, 0.3) is 0 Å². The van der Waals surface area contributed by atoms with Crippen LogP contribution in [-0.2, 0) is 14.3 Å². The normalized spacial score (nSPS) is 19.8. The maximum absolute atomic E-state index is 12.3. The van der Waals surface area contributed by atoms with Gasteiger partial charge in [0.05, 0.1) is 18.6 Å². The zero-order valence-corrected chi connectivity index (χ0v) is 16.1. The second-order valence-electron chi connectivity index (χ2n) is 6.80. The lowest BCUT2D eigenvalue weighted by molar-refractivity contribution is -0.124. The molecule has 0 aromatic heterocycles. The molecule has 1 fully saturated rings. The minimum absolute atomic E-state index is 0.0390. The number of carbonyl (C=O) groups is 3. The first-order chi connectivity index (χ1) is 13.5. The minimum atomic E-state index is -0.728. The molecule has 0 bridgehead atoms. The topological polar surface area (TPSA) is 103 Å². The van der Waals surface area contributed by atoms with Crippen molar-refractivity contribution in [3.63, 3.8) is 0 Å². The number of aliphatic imine (C=N–C) groups is 1. The van der Waals surface area contributed by atoms with Crippen LogP contribution in [0.3, 0.4) is 0 Å². The molecular weight excluding hydrogens is 362 g/mol. The predicted molar refractivity (Wildman–Crippen MR) is 104 cm³/mol. The third-order valence-corrected chi connectivity index (χ3v) is 4.68. The van der Waals surface area contributed by atoms with E-state index in [1.165, 1.54) is 0 Å². The van der Waals surface area contributed by atoms with E-state index >= 15 is 0 Å². The predicted octanol–water partition coefficient (Wildman–Crippen LogP) is 0.294. The van der Waals surface area contributed by atoms with Crippen LogP contribution in [0.2, 0.25) is 0 Å². The van der Waals surface area contributed by atoms with E-state index in [2.05, 4.69) is 27.6 Å². The SMILES string of the molecule is CCOC(=O)c1ccc(NC(=O)C[C@@H]2N=C(N3CCN(C)CC3)NC2=O)cc1. The van der Waals surface area contributed by atoms with Gasteiger partial charge in [-0.1, -0.05) is 0 Å². The molecule has 1 saturated heterocycles. The van der Waals surface area contributed by atoms with Crippen LogP contribution in [-0.4, -0.2) is 79.4 Å². The number of hydrogen-bond acceptors (Lipinski definition) is 7. The lowest BCUT2D eigenvalue weighted by Crippen LogP contribution is -2.50. The third kappa shape index (κ3) is 4.86. The highest BCUT2D eigenvalue weighted by atomic mass is 16.5. The van der Waals surface area contributed by atoms with Gasteiger partial charge in [0.2, 0.25) is 11.9 Å². The molecule has 2 aliphatic heterocycles. The number of anilines is 1. The summed E-state index contributed by atoms with van der Waals surface area (Å²) in [7, 11) is 2.05. The first kappa shape index (κ1) is 19.8. The number of ether oxygens (including phenoxy) is 1. The van der Waals surface area contributed by atoms with Gasteiger partial charge in [-0.3, -0.25) is 14.9 Å². The van der Waals surface area contributed by atoms with Crippen molar-refractivity contribution in [1.82, 2.24) is 15.1 Å². The summed E-state index contributed by atoms with van der Waals surface area (Å²) in [5, 5.41) is 5.50. The monoisotopic (exact) mass is 387 g/mol.